The molecular formula is C9H17NS. The van der Waals surface area contributed by atoms with Gasteiger partial charge in [0.05, 0.1) is 11.3 Å². The average Bonchev–Trinajstić information content (AvgIpc) is 1.88. The van der Waals surface area contributed by atoms with Gasteiger partial charge >= 0.3 is 0 Å². The van der Waals surface area contributed by atoms with E-state index in [0.29, 0.717) is 0 Å². The zero-order valence-electron chi connectivity index (χ0n) is 8.06. The Labute approximate surface area is 74.5 Å². The van der Waals surface area contributed by atoms with Crippen molar-refractivity contribution in [2.24, 2.45) is 0 Å². The smallest absolute Gasteiger partial charge is 0.0764 e. The molecule has 1 nitrogen and oxygen atoms in total. The minimum atomic E-state index is 0.00965. The van der Waals surface area contributed by atoms with E-state index in [1.54, 1.807) is 11.8 Å². The van der Waals surface area contributed by atoms with E-state index < -0.39 is 0 Å². The standard InChI is InChI=1S/C9H17NS/c1-9(2,10(3)4)7-6-8-11-5/h8H2,1-5H3. The van der Waals surface area contributed by atoms with E-state index in [2.05, 4.69) is 36.8 Å². The highest BCUT2D eigenvalue weighted by molar-refractivity contribution is 7.98. The molecule has 0 unspecified atom stereocenters. The summed E-state index contributed by atoms with van der Waals surface area (Å²) in [5.74, 6) is 7.27. The van der Waals surface area contributed by atoms with Crippen LogP contribution in [0.1, 0.15) is 13.8 Å². The molecule has 0 saturated heterocycles. The summed E-state index contributed by atoms with van der Waals surface area (Å²) >= 11 is 1.76. The molecule has 0 aliphatic rings. The minimum absolute atomic E-state index is 0.00965. The number of rotatable bonds is 2. The van der Waals surface area contributed by atoms with Gasteiger partial charge in [0.25, 0.3) is 0 Å². The molecule has 0 bridgehead atoms. The molecule has 0 aromatic rings. The zero-order valence-corrected chi connectivity index (χ0v) is 8.88. The third kappa shape index (κ3) is 4.34. The van der Waals surface area contributed by atoms with Crippen LogP contribution >= 0.6 is 11.8 Å². The van der Waals surface area contributed by atoms with E-state index in [4.69, 9.17) is 0 Å². The van der Waals surface area contributed by atoms with Crippen molar-refractivity contribution in [3.8, 4) is 11.8 Å². The molecule has 0 atom stereocenters. The predicted octanol–water partition coefficient (Wildman–Crippen LogP) is 1.69. The van der Waals surface area contributed by atoms with Crippen LogP contribution in [0.4, 0.5) is 0 Å². The van der Waals surface area contributed by atoms with Crippen LogP contribution in [0.25, 0.3) is 0 Å². The maximum Gasteiger partial charge on any atom is 0.0764 e. The van der Waals surface area contributed by atoms with Crippen LogP contribution in [0.3, 0.4) is 0 Å². The van der Waals surface area contributed by atoms with Crippen molar-refractivity contribution in [1.29, 1.82) is 0 Å². The second kappa shape index (κ2) is 4.69. The quantitative estimate of drug-likeness (QED) is 0.582. The number of hydrogen-bond acceptors (Lipinski definition) is 2. The molecular weight excluding hydrogens is 154 g/mol. The van der Waals surface area contributed by atoms with Crippen LogP contribution in [0, 0.1) is 11.8 Å². The summed E-state index contributed by atoms with van der Waals surface area (Å²) in [4.78, 5) is 2.13. The monoisotopic (exact) mass is 171 g/mol. The molecule has 0 spiro atoms. The maximum absolute atomic E-state index is 3.21. The van der Waals surface area contributed by atoms with E-state index in [0.717, 1.165) is 5.75 Å². The minimum Gasteiger partial charge on any atom is -0.294 e. The molecule has 0 heterocycles. The SMILES string of the molecule is CSCC#CC(C)(C)N(C)C. The maximum atomic E-state index is 3.21. The van der Waals surface area contributed by atoms with Crippen molar-refractivity contribution >= 4 is 11.8 Å². The Hall–Kier alpha value is -0.130. The first-order chi connectivity index (χ1) is 5.00. The Bertz CT molecular complexity index is 162. The van der Waals surface area contributed by atoms with Gasteiger partial charge in [-0.15, -0.1) is 0 Å². The first-order valence-corrected chi connectivity index (χ1v) is 5.06. The van der Waals surface area contributed by atoms with Crippen molar-refractivity contribution < 1.29 is 0 Å². The highest BCUT2D eigenvalue weighted by atomic mass is 32.2. The summed E-state index contributed by atoms with van der Waals surface area (Å²) in [6.07, 6.45) is 2.07. The van der Waals surface area contributed by atoms with Gasteiger partial charge in [0.15, 0.2) is 0 Å². The lowest BCUT2D eigenvalue weighted by Gasteiger charge is -2.26. The van der Waals surface area contributed by atoms with Gasteiger partial charge in [0.1, 0.15) is 0 Å². The summed E-state index contributed by atoms with van der Waals surface area (Å²) in [6, 6.07) is 0. The second-order valence-corrected chi connectivity index (χ2v) is 4.05. The van der Waals surface area contributed by atoms with Crippen molar-refractivity contribution in [2.45, 2.75) is 19.4 Å². The van der Waals surface area contributed by atoms with Crippen LogP contribution < -0.4 is 0 Å². The van der Waals surface area contributed by atoms with E-state index in [9.17, 15) is 0 Å². The van der Waals surface area contributed by atoms with Crippen LogP contribution in [-0.2, 0) is 0 Å². The van der Waals surface area contributed by atoms with Gasteiger partial charge in [0, 0.05) is 0 Å². The van der Waals surface area contributed by atoms with Gasteiger partial charge in [-0.25, -0.2) is 0 Å². The molecule has 0 aromatic heterocycles. The lowest BCUT2D eigenvalue weighted by atomic mass is 10.1. The fourth-order valence-corrected chi connectivity index (χ4v) is 0.653. The van der Waals surface area contributed by atoms with E-state index in [1.165, 1.54) is 0 Å². The highest BCUT2D eigenvalue weighted by Gasteiger charge is 2.15. The van der Waals surface area contributed by atoms with Gasteiger partial charge < -0.3 is 0 Å². The fraction of sp³-hybridized carbons (Fsp3) is 0.778. The highest BCUT2D eigenvalue weighted by Crippen LogP contribution is 2.07. The molecule has 0 rings (SSSR count). The topological polar surface area (TPSA) is 3.24 Å². The number of hydrogen-bond donors (Lipinski definition) is 0. The lowest BCUT2D eigenvalue weighted by molar-refractivity contribution is 0.263. The van der Waals surface area contributed by atoms with Gasteiger partial charge in [-0.2, -0.15) is 11.8 Å². The molecule has 0 aliphatic carbocycles. The largest absolute Gasteiger partial charge is 0.294 e. The third-order valence-electron chi connectivity index (χ3n) is 1.73. The van der Waals surface area contributed by atoms with E-state index in [1.807, 2.05) is 14.1 Å². The average molecular weight is 171 g/mol. The van der Waals surface area contributed by atoms with Gasteiger partial charge in [-0.05, 0) is 34.2 Å². The zero-order chi connectivity index (χ0) is 8.91. The number of thioether (sulfide) groups is 1. The van der Waals surface area contributed by atoms with Crippen molar-refractivity contribution in [2.75, 3.05) is 26.1 Å². The lowest BCUT2D eigenvalue weighted by Crippen LogP contribution is -2.36. The van der Waals surface area contributed by atoms with Crippen LogP contribution in [-0.4, -0.2) is 36.5 Å². The normalized spacial score (nSPS) is 11.1. The molecule has 64 valence electrons. The van der Waals surface area contributed by atoms with Crippen LogP contribution in [0.15, 0.2) is 0 Å². The first kappa shape index (κ1) is 10.9. The van der Waals surface area contributed by atoms with E-state index in [-0.39, 0.29) is 5.54 Å². The van der Waals surface area contributed by atoms with Crippen molar-refractivity contribution in [3.05, 3.63) is 0 Å². The van der Waals surface area contributed by atoms with Crippen LogP contribution in [0.2, 0.25) is 0 Å². The van der Waals surface area contributed by atoms with Crippen molar-refractivity contribution in [3.63, 3.8) is 0 Å². The number of nitrogens with zero attached hydrogens (tertiary/aromatic N) is 1. The summed E-state index contributed by atoms with van der Waals surface area (Å²) in [5, 5.41) is 0. The summed E-state index contributed by atoms with van der Waals surface area (Å²) < 4.78 is 0. The van der Waals surface area contributed by atoms with Crippen molar-refractivity contribution in [1.82, 2.24) is 4.90 Å². The Morgan fingerprint density at radius 3 is 2.27 bits per heavy atom. The molecule has 0 saturated carbocycles. The third-order valence-corrected chi connectivity index (χ3v) is 2.16. The molecule has 0 aromatic carbocycles. The molecule has 0 fully saturated rings. The fourth-order valence-electron chi connectivity index (χ4n) is 0.436. The summed E-state index contributed by atoms with van der Waals surface area (Å²) in [6.45, 7) is 4.25. The van der Waals surface area contributed by atoms with Gasteiger partial charge in [0.2, 0.25) is 0 Å². The second-order valence-electron chi connectivity index (χ2n) is 3.19. The molecule has 0 N–H and O–H groups in total. The van der Waals surface area contributed by atoms with E-state index >= 15 is 0 Å². The Balaban J connectivity index is 4.03. The van der Waals surface area contributed by atoms with Crippen LogP contribution in [0.5, 0.6) is 0 Å². The Kier molecular flexibility index (Phi) is 4.63. The summed E-state index contributed by atoms with van der Waals surface area (Å²) in [7, 11) is 4.10. The Morgan fingerprint density at radius 2 is 1.91 bits per heavy atom. The summed E-state index contributed by atoms with van der Waals surface area (Å²) in [5.41, 5.74) is 0.00965. The Morgan fingerprint density at radius 1 is 1.36 bits per heavy atom. The van der Waals surface area contributed by atoms with Gasteiger partial charge in [-0.3, -0.25) is 4.90 Å². The molecule has 11 heavy (non-hydrogen) atoms. The molecule has 0 amide bonds. The predicted molar refractivity (Wildman–Crippen MR) is 53.9 cm³/mol. The molecule has 0 aliphatic heterocycles. The molecule has 0 radical (unpaired) electrons. The first-order valence-electron chi connectivity index (χ1n) is 3.67. The molecule has 2 heteroatoms. The van der Waals surface area contributed by atoms with Gasteiger partial charge in [-0.1, -0.05) is 11.8 Å².